The highest BCUT2D eigenvalue weighted by molar-refractivity contribution is 6.00. The van der Waals surface area contributed by atoms with Crippen molar-refractivity contribution in [3.8, 4) is 5.75 Å². The number of aryl methyl sites for hydroxylation is 1. The minimum Gasteiger partial charge on any atom is -0.482 e. The lowest BCUT2D eigenvalue weighted by molar-refractivity contribution is -0.146. The first-order chi connectivity index (χ1) is 13.5. The number of nitrogens with zero attached hydrogens (tertiary/aromatic N) is 1. The Bertz CT molecular complexity index is 875. The van der Waals surface area contributed by atoms with E-state index in [4.69, 9.17) is 9.47 Å². The van der Waals surface area contributed by atoms with Crippen molar-refractivity contribution in [2.24, 2.45) is 0 Å². The third kappa shape index (κ3) is 4.39. The standard InChI is InChI=1S/C22H23NO5/c1-3-16-8-10-17(11-9-16)22(26)15(2)28-21(25)12-13-23-18-6-4-5-7-19(18)27-14-20(23)24/h4-11,15H,3,12-14H2,1-2H3/t15-/m1/s1. The molecule has 1 amide bonds. The summed E-state index contributed by atoms with van der Waals surface area (Å²) in [5.74, 6) is -0.382. The number of carbonyl (C=O) groups excluding carboxylic acids is 3. The normalized spacial score (nSPS) is 14.1. The van der Waals surface area contributed by atoms with Gasteiger partial charge in [-0.15, -0.1) is 0 Å². The van der Waals surface area contributed by atoms with Gasteiger partial charge in [0.25, 0.3) is 5.91 Å². The van der Waals surface area contributed by atoms with Crippen LogP contribution in [0.25, 0.3) is 0 Å². The predicted octanol–water partition coefficient (Wildman–Crippen LogP) is 3.18. The lowest BCUT2D eigenvalue weighted by atomic mass is 10.0. The number of esters is 1. The van der Waals surface area contributed by atoms with Crippen LogP contribution in [0, 0.1) is 0 Å². The van der Waals surface area contributed by atoms with Gasteiger partial charge in [0.15, 0.2) is 12.7 Å². The molecule has 0 saturated heterocycles. The van der Waals surface area contributed by atoms with Crippen molar-refractivity contribution in [2.45, 2.75) is 32.8 Å². The van der Waals surface area contributed by atoms with Gasteiger partial charge in [-0.25, -0.2) is 0 Å². The highest BCUT2D eigenvalue weighted by atomic mass is 16.5. The number of amides is 1. The van der Waals surface area contributed by atoms with Gasteiger partial charge in [-0.3, -0.25) is 14.4 Å². The van der Waals surface area contributed by atoms with Crippen LogP contribution in [0.15, 0.2) is 48.5 Å². The molecular weight excluding hydrogens is 358 g/mol. The summed E-state index contributed by atoms with van der Waals surface area (Å²) in [6.07, 6.45) is 0.00199. The van der Waals surface area contributed by atoms with E-state index in [1.807, 2.05) is 25.1 Å². The maximum atomic E-state index is 12.4. The molecule has 2 aromatic rings. The van der Waals surface area contributed by atoms with E-state index in [9.17, 15) is 14.4 Å². The molecule has 6 heteroatoms. The Kier molecular flexibility index (Phi) is 6.09. The molecule has 0 saturated carbocycles. The largest absolute Gasteiger partial charge is 0.482 e. The van der Waals surface area contributed by atoms with Crippen molar-refractivity contribution < 1.29 is 23.9 Å². The number of hydrogen-bond donors (Lipinski definition) is 0. The Balaban J connectivity index is 1.56. The first kappa shape index (κ1) is 19.6. The Labute approximate surface area is 164 Å². The molecule has 2 aromatic carbocycles. The number of Topliss-reactive ketones (excluding diaryl/α,β-unsaturated/α-hetero) is 1. The molecule has 1 aliphatic heterocycles. The van der Waals surface area contributed by atoms with Crippen LogP contribution in [0.1, 0.15) is 36.2 Å². The molecule has 6 nitrogen and oxygen atoms in total. The molecule has 28 heavy (non-hydrogen) atoms. The monoisotopic (exact) mass is 381 g/mol. The van der Waals surface area contributed by atoms with Gasteiger partial charge in [-0.1, -0.05) is 43.3 Å². The van der Waals surface area contributed by atoms with E-state index in [1.54, 1.807) is 37.3 Å². The molecule has 0 aliphatic carbocycles. The Morgan fingerprint density at radius 2 is 1.86 bits per heavy atom. The molecule has 0 radical (unpaired) electrons. The zero-order valence-electron chi connectivity index (χ0n) is 16.0. The van der Waals surface area contributed by atoms with E-state index in [1.165, 1.54) is 4.90 Å². The van der Waals surface area contributed by atoms with Crippen molar-refractivity contribution in [2.75, 3.05) is 18.1 Å². The Morgan fingerprint density at radius 3 is 2.57 bits per heavy atom. The van der Waals surface area contributed by atoms with Crippen LogP contribution in [0.4, 0.5) is 5.69 Å². The van der Waals surface area contributed by atoms with Gasteiger partial charge in [0, 0.05) is 12.1 Å². The molecule has 146 valence electrons. The summed E-state index contributed by atoms with van der Waals surface area (Å²) < 4.78 is 10.7. The predicted molar refractivity (Wildman–Crippen MR) is 105 cm³/mol. The minimum absolute atomic E-state index is 0.00747. The first-order valence-electron chi connectivity index (χ1n) is 9.34. The third-order valence-electron chi connectivity index (χ3n) is 4.67. The van der Waals surface area contributed by atoms with Crippen molar-refractivity contribution in [3.05, 3.63) is 59.7 Å². The number of ketones is 1. The average molecular weight is 381 g/mol. The Morgan fingerprint density at radius 1 is 1.14 bits per heavy atom. The fourth-order valence-electron chi connectivity index (χ4n) is 3.05. The fourth-order valence-corrected chi connectivity index (χ4v) is 3.05. The zero-order valence-corrected chi connectivity index (χ0v) is 16.0. The number of fused-ring (bicyclic) bond motifs is 1. The summed E-state index contributed by atoms with van der Waals surface area (Å²) >= 11 is 0. The topological polar surface area (TPSA) is 72.9 Å². The van der Waals surface area contributed by atoms with Crippen molar-refractivity contribution in [3.63, 3.8) is 0 Å². The summed E-state index contributed by atoms with van der Waals surface area (Å²) in [4.78, 5) is 38.3. The van der Waals surface area contributed by atoms with Gasteiger partial charge < -0.3 is 14.4 Å². The van der Waals surface area contributed by atoms with Gasteiger partial charge in [0.05, 0.1) is 12.1 Å². The maximum absolute atomic E-state index is 12.4. The van der Waals surface area contributed by atoms with E-state index in [0.29, 0.717) is 17.0 Å². The van der Waals surface area contributed by atoms with Crippen LogP contribution in [-0.2, 0) is 20.7 Å². The SMILES string of the molecule is CCc1ccc(C(=O)[C@@H](C)OC(=O)CCN2C(=O)COc3ccccc32)cc1. The van der Waals surface area contributed by atoms with Gasteiger partial charge >= 0.3 is 5.97 Å². The minimum atomic E-state index is -0.882. The molecule has 0 bridgehead atoms. The maximum Gasteiger partial charge on any atom is 0.308 e. The van der Waals surface area contributed by atoms with E-state index >= 15 is 0 Å². The number of rotatable bonds is 7. The highest BCUT2D eigenvalue weighted by Crippen LogP contribution is 2.31. The summed E-state index contributed by atoms with van der Waals surface area (Å²) in [7, 11) is 0. The number of benzene rings is 2. The van der Waals surface area contributed by atoms with Crippen molar-refractivity contribution >= 4 is 23.3 Å². The number of carbonyl (C=O) groups is 3. The number of anilines is 1. The zero-order chi connectivity index (χ0) is 20.1. The molecule has 3 rings (SSSR count). The van der Waals surface area contributed by atoms with Gasteiger partial charge in [-0.05, 0) is 31.0 Å². The van der Waals surface area contributed by atoms with Crippen LogP contribution in [-0.4, -0.2) is 36.9 Å². The van der Waals surface area contributed by atoms with Crippen molar-refractivity contribution in [1.29, 1.82) is 0 Å². The second-order valence-corrected chi connectivity index (χ2v) is 6.60. The summed E-state index contributed by atoms with van der Waals surface area (Å²) in [5, 5.41) is 0. The van der Waals surface area contributed by atoms with Crippen LogP contribution >= 0.6 is 0 Å². The van der Waals surface area contributed by atoms with Crippen molar-refractivity contribution in [1.82, 2.24) is 0 Å². The van der Waals surface area contributed by atoms with Crippen LogP contribution in [0.2, 0.25) is 0 Å². The van der Waals surface area contributed by atoms with E-state index in [0.717, 1.165) is 12.0 Å². The number of para-hydroxylation sites is 2. The first-order valence-corrected chi connectivity index (χ1v) is 9.34. The molecule has 1 atom stereocenters. The molecule has 0 N–H and O–H groups in total. The lowest BCUT2D eigenvalue weighted by Gasteiger charge is -2.29. The molecule has 0 spiro atoms. The van der Waals surface area contributed by atoms with Gasteiger partial charge in [0.1, 0.15) is 5.75 Å². The van der Waals surface area contributed by atoms with E-state index in [-0.39, 0.29) is 31.3 Å². The number of hydrogen-bond acceptors (Lipinski definition) is 5. The molecule has 1 aliphatic rings. The van der Waals surface area contributed by atoms with E-state index in [2.05, 4.69) is 0 Å². The molecular formula is C22H23NO5. The fraction of sp³-hybridized carbons (Fsp3) is 0.318. The average Bonchev–Trinajstić information content (AvgIpc) is 2.72. The molecule has 0 fully saturated rings. The summed E-state index contributed by atoms with van der Waals surface area (Å²) in [6.45, 7) is 3.71. The van der Waals surface area contributed by atoms with Gasteiger partial charge in [0.2, 0.25) is 5.78 Å². The van der Waals surface area contributed by atoms with Crippen LogP contribution < -0.4 is 9.64 Å². The quantitative estimate of drug-likeness (QED) is 0.544. The Hall–Kier alpha value is -3.15. The molecule has 0 aromatic heterocycles. The lowest BCUT2D eigenvalue weighted by Crippen LogP contribution is -2.40. The third-order valence-corrected chi connectivity index (χ3v) is 4.67. The highest BCUT2D eigenvalue weighted by Gasteiger charge is 2.26. The molecule has 0 unspecified atom stereocenters. The van der Waals surface area contributed by atoms with Crippen LogP contribution in [0.3, 0.4) is 0 Å². The molecule has 1 heterocycles. The second kappa shape index (κ2) is 8.69. The summed E-state index contributed by atoms with van der Waals surface area (Å²) in [6, 6.07) is 14.4. The smallest absolute Gasteiger partial charge is 0.308 e. The van der Waals surface area contributed by atoms with Gasteiger partial charge in [-0.2, -0.15) is 0 Å². The summed E-state index contributed by atoms with van der Waals surface area (Å²) in [5.41, 5.74) is 2.28. The van der Waals surface area contributed by atoms with E-state index < -0.39 is 12.1 Å². The van der Waals surface area contributed by atoms with Crippen LogP contribution in [0.5, 0.6) is 5.75 Å². The second-order valence-electron chi connectivity index (χ2n) is 6.60. The number of ether oxygens (including phenoxy) is 2.